The minimum Gasteiger partial charge on any atom is -0.483 e. The van der Waals surface area contributed by atoms with E-state index >= 15 is 0 Å². The van der Waals surface area contributed by atoms with Gasteiger partial charge in [0.1, 0.15) is 12.4 Å². The number of nitrogens with one attached hydrogen (secondary N) is 1. The summed E-state index contributed by atoms with van der Waals surface area (Å²) in [4.78, 5) is 4.16. The van der Waals surface area contributed by atoms with Crippen molar-refractivity contribution in [1.29, 1.82) is 0 Å². The lowest BCUT2D eigenvalue weighted by Gasteiger charge is -2.10. The van der Waals surface area contributed by atoms with Crippen LogP contribution in [-0.2, 0) is 6.61 Å². The Balaban J connectivity index is 2.06. The van der Waals surface area contributed by atoms with E-state index < -0.39 is 11.6 Å². The number of benzene rings is 1. The van der Waals surface area contributed by atoms with Crippen molar-refractivity contribution in [2.24, 2.45) is 0 Å². The third-order valence-electron chi connectivity index (χ3n) is 2.72. The number of hydrogen-bond donors (Lipinski definition) is 1. The fraction of sp³-hybridized carbons (Fsp3) is 0.267. The van der Waals surface area contributed by atoms with Crippen LogP contribution < -0.4 is 10.1 Å². The van der Waals surface area contributed by atoms with Gasteiger partial charge >= 0.3 is 0 Å². The summed E-state index contributed by atoms with van der Waals surface area (Å²) < 4.78 is 32.3. The fourth-order valence-corrected chi connectivity index (χ4v) is 2.27. The van der Waals surface area contributed by atoms with Crippen LogP contribution in [0.3, 0.4) is 0 Å². The molecule has 0 unspecified atom stereocenters. The average Bonchev–Trinajstić information content (AvgIpc) is 2.44. The molecule has 2 rings (SSSR count). The third kappa shape index (κ3) is 4.39. The molecule has 0 fully saturated rings. The van der Waals surface area contributed by atoms with Crippen molar-refractivity contribution in [2.75, 3.05) is 11.9 Å². The van der Waals surface area contributed by atoms with Crippen molar-refractivity contribution in [3.8, 4) is 5.75 Å². The maximum absolute atomic E-state index is 13.6. The fourth-order valence-electron chi connectivity index (χ4n) is 1.75. The van der Waals surface area contributed by atoms with Crippen LogP contribution in [0.2, 0.25) is 0 Å². The monoisotopic (exact) mass is 356 g/mol. The Kier molecular flexibility index (Phi) is 5.50. The van der Waals surface area contributed by atoms with Gasteiger partial charge in [-0.3, -0.25) is 4.98 Å². The Hall–Kier alpha value is -1.69. The molecule has 1 N–H and O–H groups in total. The quantitative estimate of drug-likeness (QED) is 0.825. The molecule has 0 spiro atoms. The number of rotatable bonds is 6. The van der Waals surface area contributed by atoms with E-state index in [1.807, 2.05) is 12.1 Å². The molecule has 1 aromatic carbocycles. The summed E-state index contributed by atoms with van der Waals surface area (Å²) in [6.45, 7) is 3.04. The molecule has 112 valence electrons. The maximum Gasteiger partial charge on any atom is 0.169 e. The second-order valence-corrected chi connectivity index (χ2v) is 5.30. The van der Waals surface area contributed by atoms with Gasteiger partial charge in [-0.15, -0.1) is 0 Å². The van der Waals surface area contributed by atoms with E-state index in [0.717, 1.165) is 30.8 Å². The van der Waals surface area contributed by atoms with Crippen LogP contribution in [0.15, 0.2) is 34.9 Å². The highest BCUT2D eigenvalue weighted by Crippen LogP contribution is 2.29. The highest BCUT2D eigenvalue weighted by molar-refractivity contribution is 9.10. The Morgan fingerprint density at radius 1 is 1.29 bits per heavy atom. The Morgan fingerprint density at radius 3 is 2.81 bits per heavy atom. The van der Waals surface area contributed by atoms with E-state index in [2.05, 4.69) is 33.2 Å². The largest absolute Gasteiger partial charge is 0.483 e. The first-order valence-electron chi connectivity index (χ1n) is 6.56. The molecule has 0 amide bonds. The van der Waals surface area contributed by atoms with Gasteiger partial charge in [0.25, 0.3) is 0 Å². The lowest BCUT2D eigenvalue weighted by Crippen LogP contribution is -2.04. The predicted molar refractivity (Wildman–Crippen MR) is 81.4 cm³/mol. The van der Waals surface area contributed by atoms with E-state index in [4.69, 9.17) is 4.74 Å². The first-order chi connectivity index (χ1) is 10.1. The van der Waals surface area contributed by atoms with Crippen LogP contribution in [0.1, 0.15) is 19.0 Å². The minimum absolute atomic E-state index is 0.0230. The molecule has 0 saturated carbocycles. The van der Waals surface area contributed by atoms with Gasteiger partial charge in [0.15, 0.2) is 11.6 Å². The molecule has 0 aliphatic rings. The van der Waals surface area contributed by atoms with E-state index in [9.17, 15) is 8.78 Å². The molecule has 0 radical (unpaired) electrons. The topological polar surface area (TPSA) is 34.2 Å². The van der Waals surface area contributed by atoms with Crippen molar-refractivity contribution in [3.63, 3.8) is 0 Å². The van der Waals surface area contributed by atoms with Crippen LogP contribution in [0.25, 0.3) is 0 Å². The molecule has 1 aromatic heterocycles. The maximum atomic E-state index is 13.6. The van der Waals surface area contributed by atoms with Gasteiger partial charge in [-0.05, 0) is 40.5 Å². The molecule has 1 heterocycles. The summed E-state index contributed by atoms with van der Waals surface area (Å²) in [6, 6.07) is 5.64. The minimum atomic E-state index is -0.748. The van der Waals surface area contributed by atoms with Crippen molar-refractivity contribution in [2.45, 2.75) is 20.0 Å². The summed E-state index contributed by atoms with van der Waals surface area (Å²) >= 11 is 3.08. The second-order valence-electron chi connectivity index (χ2n) is 4.45. The molecule has 0 saturated heterocycles. The molecule has 0 atom stereocenters. The number of pyridine rings is 1. The first-order valence-corrected chi connectivity index (χ1v) is 7.35. The van der Waals surface area contributed by atoms with E-state index in [-0.39, 0.29) is 16.8 Å². The first kappa shape index (κ1) is 15.7. The average molecular weight is 357 g/mol. The van der Waals surface area contributed by atoms with Gasteiger partial charge < -0.3 is 10.1 Å². The second kappa shape index (κ2) is 7.36. The number of anilines is 1. The molecule has 2 aromatic rings. The zero-order valence-electron chi connectivity index (χ0n) is 11.5. The van der Waals surface area contributed by atoms with Crippen molar-refractivity contribution >= 4 is 21.6 Å². The van der Waals surface area contributed by atoms with Crippen LogP contribution in [0, 0.1) is 11.6 Å². The standard InChI is InChI=1S/C15H15BrF2N2O/c1-2-4-19-11-3-5-20-12(8-11)9-21-15-13(16)6-10(17)7-14(15)18/h3,5-8H,2,4,9H2,1H3,(H,19,20). The normalized spacial score (nSPS) is 10.5. The van der Waals surface area contributed by atoms with Gasteiger partial charge in [-0.1, -0.05) is 6.92 Å². The number of hydrogen-bond acceptors (Lipinski definition) is 3. The Morgan fingerprint density at radius 2 is 2.10 bits per heavy atom. The van der Waals surface area contributed by atoms with Crippen molar-refractivity contribution in [1.82, 2.24) is 4.98 Å². The SMILES string of the molecule is CCCNc1ccnc(COc2c(F)cc(F)cc2Br)c1. The summed E-state index contributed by atoms with van der Waals surface area (Å²) in [5.41, 5.74) is 1.59. The van der Waals surface area contributed by atoms with Crippen LogP contribution in [0.5, 0.6) is 5.75 Å². The molecular formula is C15H15BrF2N2O. The summed E-state index contributed by atoms with van der Waals surface area (Å²) in [5, 5.41) is 3.23. The van der Waals surface area contributed by atoms with Gasteiger partial charge in [-0.2, -0.15) is 0 Å². The van der Waals surface area contributed by atoms with Gasteiger partial charge in [-0.25, -0.2) is 8.78 Å². The highest BCUT2D eigenvalue weighted by atomic mass is 79.9. The summed E-state index contributed by atoms with van der Waals surface area (Å²) in [5.74, 6) is -1.43. The van der Waals surface area contributed by atoms with E-state index in [1.165, 1.54) is 0 Å². The number of ether oxygens (including phenoxy) is 1. The molecule has 21 heavy (non-hydrogen) atoms. The number of nitrogens with zero attached hydrogens (tertiary/aromatic N) is 1. The van der Waals surface area contributed by atoms with Crippen LogP contribution in [0.4, 0.5) is 14.5 Å². The molecule has 0 aliphatic heterocycles. The number of aromatic nitrogens is 1. The smallest absolute Gasteiger partial charge is 0.169 e. The van der Waals surface area contributed by atoms with Crippen LogP contribution >= 0.6 is 15.9 Å². The van der Waals surface area contributed by atoms with Gasteiger partial charge in [0, 0.05) is 24.5 Å². The molecule has 6 heteroatoms. The molecule has 3 nitrogen and oxygen atoms in total. The number of halogens is 3. The van der Waals surface area contributed by atoms with E-state index in [1.54, 1.807) is 6.20 Å². The lowest BCUT2D eigenvalue weighted by molar-refractivity contribution is 0.283. The zero-order chi connectivity index (χ0) is 15.2. The third-order valence-corrected chi connectivity index (χ3v) is 3.31. The van der Waals surface area contributed by atoms with Gasteiger partial charge in [0.05, 0.1) is 10.2 Å². The summed E-state index contributed by atoms with van der Waals surface area (Å²) in [7, 11) is 0. The van der Waals surface area contributed by atoms with Gasteiger partial charge in [0.2, 0.25) is 0 Å². The predicted octanol–water partition coefficient (Wildman–Crippen LogP) is 4.52. The highest BCUT2D eigenvalue weighted by Gasteiger charge is 2.11. The van der Waals surface area contributed by atoms with E-state index in [0.29, 0.717) is 5.69 Å². The summed E-state index contributed by atoms with van der Waals surface area (Å²) in [6.07, 6.45) is 2.68. The molecule has 0 aliphatic carbocycles. The van der Waals surface area contributed by atoms with Crippen molar-refractivity contribution < 1.29 is 13.5 Å². The van der Waals surface area contributed by atoms with Crippen molar-refractivity contribution in [3.05, 3.63) is 52.3 Å². The zero-order valence-corrected chi connectivity index (χ0v) is 13.1. The molecular weight excluding hydrogens is 342 g/mol. The Bertz CT molecular complexity index is 599. The molecule has 0 bridgehead atoms. The lowest BCUT2D eigenvalue weighted by atomic mass is 10.3. The Labute approximate surface area is 130 Å². The van der Waals surface area contributed by atoms with Crippen LogP contribution in [-0.4, -0.2) is 11.5 Å².